The molecule has 1 saturated carbocycles. The molecule has 0 bridgehead atoms. The van der Waals surface area contributed by atoms with Crippen molar-refractivity contribution in [2.45, 2.75) is 52.9 Å². The molecule has 0 saturated heterocycles. The first-order valence-corrected chi connectivity index (χ1v) is 9.05. The minimum absolute atomic E-state index is 0.538. The lowest BCUT2D eigenvalue weighted by molar-refractivity contribution is 0.139. The van der Waals surface area contributed by atoms with Gasteiger partial charge in [-0.15, -0.1) is 0 Å². The second-order valence-corrected chi connectivity index (χ2v) is 7.81. The first kappa shape index (κ1) is 18.9. The van der Waals surface area contributed by atoms with Crippen molar-refractivity contribution in [3.63, 3.8) is 0 Å². The van der Waals surface area contributed by atoms with Gasteiger partial charge in [0.05, 0.1) is 0 Å². The fourth-order valence-corrected chi connectivity index (χ4v) is 3.54. The van der Waals surface area contributed by atoms with E-state index in [2.05, 4.69) is 50.0 Å². The van der Waals surface area contributed by atoms with Crippen LogP contribution in [0.3, 0.4) is 0 Å². The normalized spacial score (nSPS) is 18.3. The Morgan fingerprint density at radius 3 is 2.24 bits per heavy atom. The molecule has 0 aliphatic heterocycles. The highest BCUT2D eigenvalue weighted by molar-refractivity contribution is 4.89. The molecule has 0 aromatic carbocycles. The monoisotopic (exact) mass is 297 g/mol. The van der Waals surface area contributed by atoms with Crippen molar-refractivity contribution in [2.75, 3.05) is 53.4 Å². The van der Waals surface area contributed by atoms with Gasteiger partial charge in [0.25, 0.3) is 0 Å². The van der Waals surface area contributed by atoms with Crippen molar-refractivity contribution >= 4 is 0 Å². The maximum atomic E-state index is 3.74. The molecule has 1 rings (SSSR count). The Hall–Kier alpha value is -0.120. The van der Waals surface area contributed by atoms with Crippen LogP contribution in [0.2, 0.25) is 0 Å². The van der Waals surface area contributed by atoms with Crippen LogP contribution >= 0.6 is 0 Å². The molecule has 1 aliphatic carbocycles. The van der Waals surface area contributed by atoms with Crippen LogP contribution in [0.5, 0.6) is 0 Å². The van der Waals surface area contributed by atoms with Crippen molar-refractivity contribution in [3.8, 4) is 0 Å². The van der Waals surface area contributed by atoms with Gasteiger partial charge in [-0.05, 0) is 57.8 Å². The van der Waals surface area contributed by atoms with Crippen LogP contribution in [0.4, 0.5) is 0 Å². The highest BCUT2D eigenvalue weighted by atomic mass is 15.2. The topological polar surface area (TPSA) is 18.5 Å². The quantitative estimate of drug-likeness (QED) is 0.632. The van der Waals surface area contributed by atoms with Gasteiger partial charge in [-0.3, -0.25) is 0 Å². The molecule has 1 aliphatic rings. The maximum absolute atomic E-state index is 3.74. The molecular formula is C18H39N3. The summed E-state index contributed by atoms with van der Waals surface area (Å²) in [6.07, 6.45) is 6.96. The third-order valence-electron chi connectivity index (χ3n) is 4.68. The molecule has 0 spiro atoms. The molecule has 1 fully saturated rings. The van der Waals surface area contributed by atoms with Crippen LogP contribution in [0.25, 0.3) is 0 Å². The molecule has 0 atom stereocenters. The summed E-state index contributed by atoms with van der Waals surface area (Å²) in [6, 6.07) is 0. The van der Waals surface area contributed by atoms with Crippen LogP contribution in [0.1, 0.15) is 52.9 Å². The smallest absolute Gasteiger partial charge is 0.0109 e. The summed E-state index contributed by atoms with van der Waals surface area (Å²) in [5, 5.41) is 3.74. The Kier molecular flexibility index (Phi) is 8.84. The van der Waals surface area contributed by atoms with Crippen molar-refractivity contribution in [1.82, 2.24) is 15.1 Å². The Morgan fingerprint density at radius 1 is 1.05 bits per heavy atom. The van der Waals surface area contributed by atoms with E-state index < -0.39 is 0 Å². The van der Waals surface area contributed by atoms with Crippen LogP contribution < -0.4 is 5.32 Å². The van der Waals surface area contributed by atoms with E-state index in [0.29, 0.717) is 5.41 Å². The largest absolute Gasteiger partial charge is 0.316 e. The van der Waals surface area contributed by atoms with E-state index in [9.17, 15) is 0 Å². The van der Waals surface area contributed by atoms with Gasteiger partial charge in [0, 0.05) is 26.2 Å². The van der Waals surface area contributed by atoms with Gasteiger partial charge in [0.15, 0.2) is 0 Å². The lowest BCUT2D eigenvalue weighted by atomic mass is 9.85. The van der Waals surface area contributed by atoms with Crippen molar-refractivity contribution in [3.05, 3.63) is 0 Å². The van der Waals surface area contributed by atoms with Crippen molar-refractivity contribution in [2.24, 2.45) is 11.3 Å². The van der Waals surface area contributed by atoms with Gasteiger partial charge < -0.3 is 15.1 Å². The predicted octanol–water partition coefficient (Wildman–Crippen LogP) is 3.07. The number of likely N-dealkylation sites (N-methyl/N-ethyl adjacent to an activating group) is 1. The molecule has 0 unspecified atom stereocenters. The Morgan fingerprint density at radius 2 is 1.71 bits per heavy atom. The number of rotatable bonds is 11. The minimum Gasteiger partial charge on any atom is -0.316 e. The minimum atomic E-state index is 0.538. The maximum Gasteiger partial charge on any atom is 0.0109 e. The average Bonchev–Trinajstić information content (AvgIpc) is 2.84. The molecule has 0 heterocycles. The van der Waals surface area contributed by atoms with Gasteiger partial charge in [-0.2, -0.15) is 0 Å². The fraction of sp³-hybridized carbons (Fsp3) is 1.00. The van der Waals surface area contributed by atoms with Gasteiger partial charge in [0.2, 0.25) is 0 Å². The zero-order valence-electron chi connectivity index (χ0n) is 15.2. The zero-order chi connectivity index (χ0) is 15.7. The highest BCUT2D eigenvalue weighted by Gasteiger charge is 2.35. The predicted molar refractivity (Wildman–Crippen MR) is 93.9 cm³/mol. The molecular weight excluding hydrogens is 258 g/mol. The number of hydrogen-bond donors (Lipinski definition) is 1. The molecule has 126 valence electrons. The second-order valence-electron chi connectivity index (χ2n) is 7.81. The summed E-state index contributed by atoms with van der Waals surface area (Å²) in [5.41, 5.74) is 0.538. The van der Waals surface area contributed by atoms with Gasteiger partial charge in [-0.25, -0.2) is 0 Å². The third kappa shape index (κ3) is 7.62. The summed E-state index contributed by atoms with van der Waals surface area (Å²) >= 11 is 0. The first-order chi connectivity index (χ1) is 9.97. The third-order valence-corrected chi connectivity index (χ3v) is 4.68. The standard InChI is InChI=1S/C18H39N3/c1-6-11-21(13-12-20(4)5)16-18(9-7-8-10-18)15-19-14-17(2)3/h17,19H,6-16H2,1-5H3. The van der Waals surface area contributed by atoms with E-state index in [1.54, 1.807) is 0 Å². The molecule has 0 amide bonds. The number of hydrogen-bond acceptors (Lipinski definition) is 3. The number of nitrogens with zero attached hydrogens (tertiary/aromatic N) is 2. The Labute approximate surface area is 133 Å². The van der Waals surface area contributed by atoms with E-state index >= 15 is 0 Å². The molecule has 0 aromatic rings. The molecule has 0 aromatic heterocycles. The summed E-state index contributed by atoms with van der Waals surface area (Å²) in [6.45, 7) is 14.2. The summed E-state index contributed by atoms with van der Waals surface area (Å²) in [7, 11) is 4.36. The van der Waals surface area contributed by atoms with Crippen LogP contribution in [0.15, 0.2) is 0 Å². The van der Waals surface area contributed by atoms with E-state index in [1.165, 1.54) is 64.8 Å². The summed E-state index contributed by atoms with van der Waals surface area (Å²) < 4.78 is 0. The average molecular weight is 298 g/mol. The number of nitrogens with one attached hydrogen (secondary N) is 1. The molecule has 21 heavy (non-hydrogen) atoms. The summed E-state index contributed by atoms with van der Waals surface area (Å²) in [5.74, 6) is 0.754. The lowest BCUT2D eigenvalue weighted by Crippen LogP contribution is -2.45. The fourth-order valence-electron chi connectivity index (χ4n) is 3.54. The van der Waals surface area contributed by atoms with Crippen molar-refractivity contribution < 1.29 is 0 Å². The Balaban J connectivity index is 2.52. The molecule has 0 radical (unpaired) electrons. The van der Waals surface area contributed by atoms with E-state index in [4.69, 9.17) is 0 Å². The van der Waals surface area contributed by atoms with Crippen LogP contribution in [-0.4, -0.2) is 63.2 Å². The van der Waals surface area contributed by atoms with Gasteiger partial charge in [-0.1, -0.05) is 33.6 Å². The molecule has 3 nitrogen and oxygen atoms in total. The van der Waals surface area contributed by atoms with Crippen LogP contribution in [0, 0.1) is 11.3 Å². The second kappa shape index (κ2) is 9.81. The highest BCUT2D eigenvalue weighted by Crippen LogP contribution is 2.38. The SMILES string of the molecule is CCCN(CCN(C)C)CC1(CNCC(C)C)CCCC1. The van der Waals surface area contributed by atoms with E-state index in [-0.39, 0.29) is 0 Å². The van der Waals surface area contributed by atoms with Crippen molar-refractivity contribution in [1.29, 1.82) is 0 Å². The van der Waals surface area contributed by atoms with Gasteiger partial charge in [0.1, 0.15) is 0 Å². The van der Waals surface area contributed by atoms with E-state index in [0.717, 1.165) is 12.5 Å². The lowest BCUT2D eigenvalue weighted by Gasteiger charge is -2.36. The zero-order valence-corrected chi connectivity index (χ0v) is 15.2. The van der Waals surface area contributed by atoms with E-state index in [1.807, 2.05) is 0 Å². The summed E-state index contributed by atoms with van der Waals surface area (Å²) in [4.78, 5) is 5.02. The molecule has 1 N–H and O–H groups in total. The molecule has 3 heteroatoms. The Bertz CT molecular complexity index is 257. The van der Waals surface area contributed by atoms with Crippen LogP contribution in [-0.2, 0) is 0 Å². The van der Waals surface area contributed by atoms with Gasteiger partial charge >= 0.3 is 0 Å². The first-order valence-electron chi connectivity index (χ1n) is 9.05.